The molecule has 2 rings (SSSR count). The maximum absolute atomic E-state index is 12.0. The average Bonchev–Trinajstić information content (AvgIpc) is 2.72. The van der Waals surface area contributed by atoms with Crippen molar-refractivity contribution < 1.29 is 14.3 Å². The molecule has 1 aromatic carbocycles. The van der Waals surface area contributed by atoms with Crippen molar-refractivity contribution in [2.45, 2.75) is 20.8 Å². The van der Waals surface area contributed by atoms with Crippen molar-refractivity contribution >= 4 is 29.0 Å². The second-order valence-electron chi connectivity index (χ2n) is 5.20. The van der Waals surface area contributed by atoms with Gasteiger partial charge in [0.1, 0.15) is 5.75 Å². The van der Waals surface area contributed by atoms with Gasteiger partial charge in [-0.05, 0) is 48.4 Å². The lowest BCUT2D eigenvalue weighted by Crippen LogP contribution is -2.27. The molecule has 0 N–H and O–H groups in total. The van der Waals surface area contributed by atoms with E-state index in [0.29, 0.717) is 24.0 Å². The number of hydrogen-bond donors (Lipinski definition) is 0. The van der Waals surface area contributed by atoms with Crippen molar-refractivity contribution in [3.8, 4) is 5.75 Å². The number of hydrogen-bond acceptors (Lipinski definition) is 4. The molecule has 0 aromatic heterocycles. The van der Waals surface area contributed by atoms with Crippen molar-refractivity contribution in [1.82, 2.24) is 4.90 Å². The second kappa shape index (κ2) is 6.80. The summed E-state index contributed by atoms with van der Waals surface area (Å²) in [5, 5.41) is -0.203. The molecule has 1 aliphatic heterocycles. The highest BCUT2D eigenvalue weighted by atomic mass is 32.2. The van der Waals surface area contributed by atoms with Crippen LogP contribution in [0.2, 0.25) is 0 Å². The zero-order valence-corrected chi connectivity index (χ0v) is 13.3. The second-order valence-corrected chi connectivity index (χ2v) is 6.19. The Kier molecular flexibility index (Phi) is 5.07. The van der Waals surface area contributed by atoms with Crippen LogP contribution in [-0.4, -0.2) is 29.2 Å². The molecule has 1 fully saturated rings. The Morgan fingerprint density at radius 2 is 1.90 bits per heavy atom. The summed E-state index contributed by atoms with van der Waals surface area (Å²) in [5.41, 5.74) is 0.883. The Balaban J connectivity index is 2.08. The van der Waals surface area contributed by atoms with E-state index >= 15 is 0 Å². The summed E-state index contributed by atoms with van der Waals surface area (Å²) in [5.74, 6) is 1.07. The van der Waals surface area contributed by atoms with Crippen LogP contribution in [0.25, 0.3) is 6.08 Å². The van der Waals surface area contributed by atoms with Crippen molar-refractivity contribution in [2.24, 2.45) is 5.92 Å². The fourth-order valence-electron chi connectivity index (χ4n) is 1.85. The first kappa shape index (κ1) is 15.6. The number of nitrogens with zero attached hydrogens (tertiary/aromatic N) is 1. The highest BCUT2D eigenvalue weighted by Gasteiger charge is 2.33. The predicted molar refractivity (Wildman–Crippen MR) is 85.1 cm³/mol. The summed E-state index contributed by atoms with van der Waals surface area (Å²) in [6.07, 6.45) is 1.74. The summed E-state index contributed by atoms with van der Waals surface area (Å²) in [7, 11) is 0. The zero-order chi connectivity index (χ0) is 15.4. The van der Waals surface area contributed by atoms with E-state index in [1.54, 1.807) is 13.0 Å². The number of carbonyl (C=O) groups is 2. The van der Waals surface area contributed by atoms with Gasteiger partial charge in [-0.2, -0.15) is 0 Å². The number of thioether (sulfide) groups is 1. The van der Waals surface area contributed by atoms with Crippen molar-refractivity contribution in [3.05, 3.63) is 34.7 Å². The minimum atomic E-state index is -0.215. The van der Waals surface area contributed by atoms with Gasteiger partial charge in [0.15, 0.2) is 0 Å². The molecule has 0 atom stereocenters. The number of benzene rings is 1. The average molecular weight is 305 g/mol. The van der Waals surface area contributed by atoms with Crippen LogP contribution in [0.3, 0.4) is 0 Å². The first-order chi connectivity index (χ1) is 10.0. The highest BCUT2D eigenvalue weighted by molar-refractivity contribution is 8.18. The molecule has 0 unspecified atom stereocenters. The van der Waals surface area contributed by atoms with Gasteiger partial charge in [-0.25, -0.2) is 0 Å². The fraction of sp³-hybridized carbons (Fsp3) is 0.375. The van der Waals surface area contributed by atoms with Crippen LogP contribution in [-0.2, 0) is 4.79 Å². The number of likely N-dealkylation sites (N-methyl/N-ethyl adjacent to an activating group) is 1. The van der Waals surface area contributed by atoms with Crippen LogP contribution < -0.4 is 4.74 Å². The maximum Gasteiger partial charge on any atom is 0.293 e. The lowest BCUT2D eigenvalue weighted by atomic mass is 10.2. The van der Waals surface area contributed by atoms with Gasteiger partial charge in [0, 0.05) is 6.54 Å². The van der Waals surface area contributed by atoms with Crippen LogP contribution in [0.15, 0.2) is 29.2 Å². The van der Waals surface area contributed by atoms with E-state index in [-0.39, 0.29) is 11.1 Å². The molecule has 0 radical (unpaired) electrons. The minimum absolute atomic E-state index is 0.203. The summed E-state index contributed by atoms with van der Waals surface area (Å²) in [4.78, 5) is 25.3. The third-order valence-corrected chi connectivity index (χ3v) is 3.86. The van der Waals surface area contributed by atoms with Crippen LogP contribution >= 0.6 is 11.8 Å². The van der Waals surface area contributed by atoms with Crippen LogP contribution in [0.5, 0.6) is 5.75 Å². The van der Waals surface area contributed by atoms with Gasteiger partial charge >= 0.3 is 0 Å². The van der Waals surface area contributed by atoms with E-state index in [4.69, 9.17) is 4.74 Å². The topological polar surface area (TPSA) is 46.6 Å². The summed E-state index contributed by atoms with van der Waals surface area (Å²) in [6, 6.07) is 7.52. The molecule has 1 aliphatic rings. The molecule has 0 bridgehead atoms. The number of ether oxygens (including phenoxy) is 1. The smallest absolute Gasteiger partial charge is 0.293 e. The predicted octanol–water partition coefficient (Wildman–Crippen LogP) is 3.78. The largest absolute Gasteiger partial charge is 0.493 e. The molecule has 0 aliphatic carbocycles. The Bertz CT molecular complexity index is 563. The van der Waals surface area contributed by atoms with Crippen molar-refractivity contribution in [3.63, 3.8) is 0 Å². The Morgan fingerprint density at radius 1 is 1.24 bits per heavy atom. The van der Waals surface area contributed by atoms with E-state index in [1.807, 2.05) is 24.3 Å². The van der Waals surface area contributed by atoms with Gasteiger partial charge in [-0.3, -0.25) is 14.5 Å². The lowest BCUT2D eigenvalue weighted by molar-refractivity contribution is -0.122. The van der Waals surface area contributed by atoms with Gasteiger partial charge in [0.05, 0.1) is 11.5 Å². The molecule has 112 valence electrons. The van der Waals surface area contributed by atoms with Crippen LogP contribution in [0, 0.1) is 5.92 Å². The summed E-state index contributed by atoms with van der Waals surface area (Å²) >= 11 is 0.987. The number of carbonyl (C=O) groups excluding carboxylic acids is 2. The summed E-state index contributed by atoms with van der Waals surface area (Å²) in [6.45, 7) is 7.06. The minimum Gasteiger partial charge on any atom is -0.493 e. The molecule has 4 nitrogen and oxygen atoms in total. The maximum atomic E-state index is 12.0. The van der Waals surface area contributed by atoms with Gasteiger partial charge in [0.2, 0.25) is 0 Å². The normalized spacial score (nSPS) is 17.1. The standard InChI is InChI=1S/C16H19NO3S/c1-4-17-15(18)14(21-16(17)19)9-12-5-7-13(8-6-12)20-10-11(2)3/h5-9,11H,4,10H2,1-3H3/b14-9+. The molecule has 1 heterocycles. The highest BCUT2D eigenvalue weighted by Crippen LogP contribution is 2.32. The first-order valence-corrected chi connectivity index (χ1v) is 7.81. The van der Waals surface area contributed by atoms with Gasteiger partial charge in [0.25, 0.3) is 11.1 Å². The van der Waals surface area contributed by atoms with E-state index in [9.17, 15) is 9.59 Å². The SMILES string of the molecule is CCN1C(=O)S/C(=C/c2ccc(OCC(C)C)cc2)C1=O. The Hall–Kier alpha value is -1.75. The monoisotopic (exact) mass is 305 g/mol. The fourth-order valence-corrected chi connectivity index (χ4v) is 2.75. The van der Waals surface area contributed by atoms with Crippen LogP contribution in [0.4, 0.5) is 4.79 Å². The lowest BCUT2D eigenvalue weighted by Gasteiger charge is -2.08. The van der Waals surface area contributed by atoms with Crippen LogP contribution in [0.1, 0.15) is 26.3 Å². The first-order valence-electron chi connectivity index (χ1n) is 6.99. The van der Waals surface area contributed by atoms with E-state index in [1.165, 1.54) is 4.90 Å². The van der Waals surface area contributed by atoms with Crippen molar-refractivity contribution in [1.29, 1.82) is 0 Å². The molecule has 2 amide bonds. The summed E-state index contributed by atoms with van der Waals surface area (Å²) < 4.78 is 5.61. The quantitative estimate of drug-likeness (QED) is 0.777. The van der Waals surface area contributed by atoms with Crippen molar-refractivity contribution in [2.75, 3.05) is 13.2 Å². The molecule has 1 saturated heterocycles. The number of rotatable bonds is 5. The Morgan fingerprint density at radius 3 is 2.43 bits per heavy atom. The zero-order valence-electron chi connectivity index (χ0n) is 12.5. The molecular formula is C16H19NO3S. The van der Waals surface area contributed by atoms with Gasteiger partial charge < -0.3 is 4.74 Å². The molecule has 5 heteroatoms. The molecule has 0 saturated carbocycles. The molecular weight excluding hydrogens is 286 g/mol. The molecule has 0 spiro atoms. The third-order valence-electron chi connectivity index (χ3n) is 2.95. The van der Waals surface area contributed by atoms with E-state index in [2.05, 4.69) is 13.8 Å². The Labute approximate surface area is 129 Å². The van der Waals surface area contributed by atoms with Gasteiger partial charge in [-0.1, -0.05) is 26.0 Å². The molecule has 1 aromatic rings. The number of imide groups is 1. The molecule has 21 heavy (non-hydrogen) atoms. The van der Waals surface area contributed by atoms with Gasteiger partial charge in [-0.15, -0.1) is 0 Å². The third kappa shape index (κ3) is 3.88. The number of amides is 2. The van der Waals surface area contributed by atoms with E-state index in [0.717, 1.165) is 23.1 Å². The van der Waals surface area contributed by atoms with E-state index < -0.39 is 0 Å².